The predicted molar refractivity (Wildman–Crippen MR) is 126 cm³/mol. The fraction of sp³-hybridized carbons (Fsp3) is 0. The van der Waals surface area contributed by atoms with Gasteiger partial charge in [-0.2, -0.15) is 5.26 Å². The Balaban J connectivity index is 1.78. The zero-order valence-corrected chi connectivity index (χ0v) is 16.9. The Labute approximate surface area is 180 Å². The summed E-state index contributed by atoms with van der Waals surface area (Å²) in [7, 11) is 0. The molecular weight excluding hydrogens is 388 g/mol. The highest BCUT2D eigenvalue weighted by atomic mass is 32.1. The van der Waals surface area contributed by atoms with Gasteiger partial charge in [0.25, 0.3) is 0 Å². The van der Waals surface area contributed by atoms with Gasteiger partial charge in [-0.15, -0.1) is 0 Å². The number of benzene rings is 3. The maximum absolute atomic E-state index is 9.93. The first kappa shape index (κ1) is 19.3. The molecule has 0 spiro atoms. The normalized spacial score (nSPS) is 10.1. The molecule has 1 heterocycles. The van der Waals surface area contributed by atoms with Gasteiger partial charge in [-0.25, -0.2) is 4.98 Å². The van der Waals surface area contributed by atoms with Crippen molar-refractivity contribution in [1.29, 1.82) is 5.26 Å². The van der Waals surface area contributed by atoms with E-state index in [9.17, 15) is 5.26 Å². The highest BCUT2D eigenvalue weighted by Gasteiger charge is 2.16. The van der Waals surface area contributed by atoms with Gasteiger partial charge in [0.15, 0.2) is 10.9 Å². The number of para-hydroxylation sites is 1. The molecule has 144 valence electrons. The summed E-state index contributed by atoms with van der Waals surface area (Å²) in [5, 5.41) is 16.5. The van der Waals surface area contributed by atoms with Crippen LogP contribution in [0.4, 0.5) is 11.5 Å². The number of pyridine rings is 1. The van der Waals surface area contributed by atoms with Gasteiger partial charge >= 0.3 is 0 Å². The Morgan fingerprint density at radius 3 is 1.93 bits per heavy atom. The maximum atomic E-state index is 9.93. The molecule has 0 amide bonds. The molecule has 0 bridgehead atoms. The zero-order valence-electron chi connectivity index (χ0n) is 16.0. The van der Waals surface area contributed by atoms with Crippen molar-refractivity contribution < 1.29 is 0 Å². The van der Waals surface area contributed by atoms with Crippen LogP contribution in [0.1, 0.15) is 5.56 Å². The summed E-state index contributed by atoms with van der Waals surface area (Å²) in [4.78, 5) is 4.72. The van der Waals surface area contributed by atoms with Crippen LogP contribution in [0.25, 0.3) is 22.4 Å². The van der Waals surface area contributed by atoms with Crippen LogP contribution in [0.3, 0.4) is 0 Å². The third-order valence-electron chi connectivity index (χ3n) is 4.55. The van der Waals surface area contributed by atoms with E-state index in [4.69, 9.17) is 17.2 Å². The number of hydrogen-bond acceptors (Lipinski definition) is 3. The number of nitrogens with zero attached hydrogens (tertiary/aromatic N) is 2. The number of hydrogen-bond donors (Lipinski definition) is 2. The molecule has 0 aliphatic heterocycles. The van der Waals surface area contributed by atoms with Crippen molar-refractivity contribution >= 4 is 28.8 Å². The van der Waals surface area contributed by atoms with E-state index in [-0.39, 0.29) is 0 Å². The molecule has 0 radical (unpaired) electrons. The van der Waals surface area contributed by atoms with E-state index in [1.54, 1.807) is 0 Å². The average Bonchev–Trinajstić information content (AvgIpc) is 2.80. The summed E-state index contributed by atoms with van der Waals surface area (Å²) >= 11 is 5.47. The number of nitrogens with one attached hydrogen (secondary N) is 2. The molecule has 5 heteroatoms. The highest BCUT2D eigenvalue weighted by Crippen LogP contribution is 2.32. The van der Waals surface area contributed by atoms with Gasteiger partial charge in [-0.3, -0.25) is 0 Å². The number of rotatable bonds is 4. The van der Waals surface area contributed by atoms with Crippen molar-refractivity contribution in [1.82, 2.24) is 4.98 Å². The van der Waals surface area contributed by atoms with E-state index >= 15 is 0 Å². The fourth-order valence-electron chi connectivity index (χ4n) is 3.14. The lowest BCUT2D eigenvalue weighted by Gasteiger charge is -2.15. The third kappa shape index (κ3) is 4.35. The van der Waals surface area contributed by atoms with E-state index in [1.807, 2.05) is 97.1 Å². The smallest absolute Gasteiger partial charge is 0.176 e. The molecule has 0 saturated carbocycles. The highest BCUT2D eigenvalue weighted by molar-refractivity contribution is 7.80. The number of thiocarbonyl (C=S) groups is 1. The second-order valence-corrected chi connectivity index (χ2v) is 6.98. The summed E-state index contributed by atoms with van der Waals surface area (Å²) in [6.45, 7) is 0. The minimum absolute atomic E-state index is 0.370. The van der Waals surface area contributed by atoms with Crippen molar-refractivity contribution in [3.63, 3.8) is 0 Å². The summed E-state index contributed by atoms with van der Waals surface area (Å²) in [5.41, 5.74) is 4.77. The first-order valence-corrected chi connectivity index (χ1v) is 9.84. The van der Waals surface area contributed by atoms with Crippen LogP contribution in [0.5, 0.6) is 0 Å². The standard InChI is InChI=1S/C25H18N4S/c26-17-22-21(18-10-4-1-5-11-18)16-23(19-12-6-2-7-13-19)28-24(22)29-25(30)27-20-14-8-3-9-15-20/h1-16H,(H2,27,28,29,30). The fourth-order valence-corrected chi connectivity index (χ4v) is 3.36. The average molecular weight is 407 g/mol. The summed E-state index contributed by atoms with van der Waals surface area (Å²) < 4.78 is 0. The van der Waals surface area contributed by atoms with Crippen LogP contribution in [0.2, 0.25) is 0 Å². The Hall–Kier alpha value is -4.01. The zero-order chi connectivity index (χ0) is 20.8. The van der Waals surface area contributed by atoms with E-state index in [0.717, 1.165) is 28.1 Å². The minimum Gasteiger partial charge on any atom is -0.332 e. The topological polar surface area (TPSA) is 60.7 Å². The van der Waals surface area contributed by atoms with Crippen molar-refractivity contribution in [2.75, 3.05) is 10.6 Å². The number of aromatic nitrogens is 1. The van der Waals surface area contributed by atoms with Gasteiger partial charge in [0.1, 0.15) is 11.6 Å². The molecule has 4 aromatic rings. The van der Waals surface area contributed by atoms with E-state index in [1.165, 1.54) is 0 Å². The van der Waals surface area contributed by atoms with Crippen LogP contribution < -0.4 is 10.6 Å². The van der Waals surface area contributed by atoms with E-state index < -0.39 is 0 Å². The molecule has 4 rings (SSSR count). The molecule has 4 nitrogen and oxygen atoms in total. The molecule has 0 atom stereocenters. The Kier molecular flexibility index (Phi) is 5.79. The van der Waals surface area contributed by atoms with Crippen LogP contribution in [0.15, 0.2) is 97.1 Å². The molecule has 2 N–H and O–H groups in total. The minimum atomic E-state index is 0.370. The van der Waals surface area contributed by atoms with Crippen LogP contribution in [0, 0.1) is 11.3 Å². The van der Waals surface area contributed by atoms with Crippen LogP contribution >= 0.6 is 12.2 Å². The van der Waals surface area contributed by atoms with Crippen LogP contribution in [-0.2, 0) is 0 Å². The van der Waals surface area contributed by atoms with Crippen LogP contribution in [-0.4, -0.2) is 10.1 Å². The first-order valence-electron chi connectivity index (χ1n) is 9.43. The van der Waals surface area contributed by atoms with Gasteiger partial charge in [0.2, 0.25) is 0 Å². The summed E-state index contributed by atoms with van der Waals surface area (Å²) in [5.74, 6) is 0.422. The molecule has 1 aromatic heterocycles. The summed E-state index contributed by atoms with van der Waals surface area (Å²) in [6, 6.07) is 33.6. The molecule has 0 aliphatic rings. The molecule has 30 heavy (non-hydrogen) atoms. The van der Waals surface area contributed by atoms with Gasteiger partial charge in [-0.05, 0) is 36.0 Å². The predicted octanol–water partition coefficient (Wildman–Crippen LogP) is 6.10. The van der Waals surface area contributed by atoms with Crippen molar-refractivity contribution in [2.45, 2.75) is 0 Å². The van der Waals surface area contributed by atoms with Crippen molar-refractivity contribution in [2.24, 2.45) is 0 Å². The monoisotopic (exact) mass is 406 g/mol. The maximum Gasteiger partial charge on any atom is 0.176 e. The quantitative estimate of drug-likeness (QED) is 0.401. The lowest BCUT2D eigenvalue weighted by atomic mass is 9.98. The largest absolute Gasteiger partial charge is 0.332 e. The molecule has 0 unspecified atom stereocenters. The number of anilines is 2. The molecular formula is C25H18N4S. The van der Waals surface area contributed by atoms with Gasteiger partial charge in [-0.1, -0.05) is 78.9 Å². The lowest BCUT2D eigenvalue weighted by Crippen LogP contribution is -2.20. The molecule has 0 fully saturated rings. The Morgan fingerprint density at radius 2 is 1.33 bits per heavy atom. The Bertz CT molecular complexity index is 1200. The van der Waals surface area contributed by atoms with Gasteiger partial charge < -0.3 is 10.6 Å². The summed E-state index contributed by atoms with van der Waals surface area (Å²) in [6.07, 6.45) is 0. The van der Waals surface area contributed by atoms with Gasteiger partial charge in [0.05, 0.1) is 5.69 Å². The van der Waals surface area contributed by atoms with Crippen molar-refractivity contribution in [3.8, 4) is 28.5 Å². The third-order valence-corrected chi connectivity index (χ3v) is 4.75. The van der Waals surface area contributed by atoms with Crippen molar-refractivity contribution in [3.05, 3.63) is 103 Å². The van der Waals surface area contributed by atoms with E-state index in [0.29, 0.717) is 16.5 Å². The van der Waals surface area contributed by atoms with Gasteiger partial charge in [0, 0.05) is 16.8 Å². The second-order valence-electron chi connectivity index (χ2n) is 6.57. The Morgan fingerprint density at radius 1 is 0.767 bits per heavy atom. The molecule has 3 aromatic carbocycles. The first-order chi connectivity index (χ1) is 14.7. The lowest BCUT2D eigenvalue weighted by molar-refractivity contribution is 1.30. The molecule has 0 aliphatic carbocycles. The van der Waals surface area contributed by atoms with E-state index in [2.05, 4.69) is 16.7 Å². The second kappa shape index (κ2) is 8.99. The number of nitriles is 1. The SMILES string of the molecule is N#Cc1c(-c2ccccc2)cc(-c2ccccc2)nc1NC(=S)Nc1ccccc1. The molecule has 0 saturated heterocycles.